The standard InChI is InChI=1S/C21H20N2O6/c1-13(21(26)28-3)29-18-14(8-7-11-17(18)27-2)12-16-19(24)22-23(20(16)25)15-9-5-4-6-10-15/h4-13H,1-3H3,(H,22,24). The van der Waals surface area contributed by atoms with Crippen molar-refractivity contribution in [1.29, 1.82) is 0 Å². The highest BCUT2D eigenvalue weighted by molar-refractivity contribution is 6.31. The molecule has 1 unspecified atom stereocenters. The molecule has 1 fully saturated rings. The average Bonchev–Trinajstić information content (AvgIpc) is 3.03. The molecule has 0 aromatic heterocycles. The van der Waals surface area contributed by atoms with Gasteiger partial charge in [-0.05, 0) is 31.2 Å². The van der Waals surface area contributed by atoms with Gasteiger partial charge in [-0.15, -0.1) is 0 Å². The molecule has 29 heavy (non-hydrogen) atoms. The number of rotatable bonds is 6. The molecule has 2 amide bonds. The van der Waals surface area contributed by atoms with Crippen molar-refractivity contribution in [2.24, 2.45) is 0 Å². The van der Waals surface area contributed by atoms with Crippen LogP contribution in [0, 0.1) is 0 Å². The number of hydrogen-bond acceptors (Lipinski definition) is 6. The first-order chi connectivity index (χ1) is 14.0. The monoisotopic (exact) mass is 396 g/mol. The predicted molar refractivity (Wildman–Crippen MR) is 105 cm³/mol. The Hall–Kier alpha value is -3.81. The van der Waals surface area contributed by atoms with Gasteiger partial charge in [-0.2, -0.15) is 0 Å². The molecule has 2 aromatic rings. The number of methoxy groups -OCH3 is 2. The van der Waals surface area contributed by atoms with E-state index in [1.54, 1.807) is 42.5 Å². The second kappa shape index (κ2) is 8.47. The molecule has 2 aromatic carbocycles. The van der Waals surface area contributed by atoms with E-state index in [0.717, 1.165) is 0 Å². The lowest BCUT2D eigenvalue weighted by Crippen LogP contribution is -2.35. The highest BCUT2D eigenvalue weighted by Gasteiger charge is 2.34. The minimum Gasteiger partial charge on any atom is -0.493 e. The SMILES string of the molecule is COC(=O)C(C)Oc1c(C=C2C(=O)NN(c3ccccc3)C2=O)cccc1OC. The normalized spacial score (nSPS) is 15.8. The summed E-state index contributed by atoms with van der Waals surface area (Å²) in [6, 6.07) is 13.7. The molecular weight excluding hydrogens is 376 g/mol. The fraction of sp³-hybridized carbons (Fsp3) is 0.190. The van der Waals surface area contributed by atoms with Gasteiger partial charge < -0.3 is 14.2 Å². The molecule has 0 saturated carbocycles. The molecule has 1 N–H and O–H groups in total. The number of ether oxygens (including phenoxy) is 3. The summed E-state index contributed by atoms with van der Waals surface area (Å²) in [6.45, 7) is 1.53. The fourth-order valence-corrected chi connectivity index (χ4v) is 2.80. The van der Waals surface area contributed by atoms with E-state index in [0.29, 0.717) is 17.0 Å². The second-order valence-corrected chi connectivity index (χ2v) is 6.14. The molecule has 1 atom stereocenters. The van der Waals surface area contributed by atoms with E-state index in [1.165, 1.54) is 32.2 Å². The summed E-state index contributed by atoms with van der Waals surface area (Å²) >= 11 is 0. The maximum atomic E-state index is 12.8. The van der Waals surface area contributed by atoms with Crippen LogP contribution >= 0.6 is 0 Å². The Morgan fingerprint density at radius 3 is 2.45 bits per heavy atom. The maximum Gasteiger partial charge on any atom is 0.346 e. The number of anilines is 1. The van der Waals surface area contributed by atoms with Gasteiger partial charge in [0.05, 0.1) is 19.9 Å². The number of nitrogens with one attached hydrogen (secondary N) is 1. The van der Waals surface area contributed by atoms with Gasteiger partial charge in [0.15, 0.2) is 17.6 Å². The van der Waals surface area contributed by atoms with Crippen LogP contribution in [0.25, 0.3) is 6.08 Å². The van der Waals surface area contributed by atoms with E-state index >= 15 is 0 Å². The Balaban J connectivity index is 1.98. The van der Waals surface area contributed by atoms with Crippen molar-refractivity contribution in [3.05, 3.63) is 59.7 Å². The van der Waals surface area contributed by atoms with Crippen LogP contribution in [0.2, 0.25) is 0 Å². The average molecular weight is 396 g/mol. The van der Waals surface area contributed by atoms with Crippen molar-refractivity contribution in [3.8, 4) is 11.5 Å². The minimum atomic E-state index is -0.914. The topological polar surface area (TPSA) is 94.2 Å². The zero-order chi connectivity index (χ0) is 21.0. The predicted octanol–water partition coefficient (Wildman–Crippen LogP) is 2.10. The van der Waals surface area contributed by atoms with Gasteiger partial charge in [0.1, 0.15) is 5.57 Å². The zero-order valence-corrected chi connectivity index (χ0v) is 16.2. The number of nitrogens with zero attached hydrogens (tertiary/aromatic N) is 1. The lowest BCUT2D eigenvalue weighted by molar-refractivity contribution is -0.148. The summed E-state index contributed by atoms with van der Waals surface area (Å²) in [6.07, 6.45) is 0.491. The zero-order valence-electron chi connectivity index (χ0n) is 16.2. The van der Waals surface area contributed by atoms with Gasteiger partial charge in [0, 0.05) is 5.56 Å². The Morgan fingerprint density at radius 1 is 1.07 bits per heavy atom. The van der Waals surface area contributed by atoms with Crippen LogP contribution in [0.5, 0.6) is 11.5 Å². The lowest BCUT2D eigenvalue weighted by atomic mass is 10.1. The number of hydrogen-bond donors (Lipinski definition) is 1. The van der Waals surface area contributed by atoms with E-state index in [2.05, 4.69) is 10.2 Å². The first kappa shape index (κ1) is 19.9. The van der Waals surface area contributed by atoms with Crippen molar-refractivity contribution in [2.75, 3.05) is 19.2 Å². The van der Waals surface area contributed by atoms with Crippen molar-refractivity contribution < 1.29 is 28.6 Å². The van der Waals surface area contributed by atoms with Crippen molar-refractivity contribution in [2.45, 2.75) is 13.0 Å². The van der Waals surface area contributed by atoms with Gasteiger partial charge >= 0.3 is 5.97 Å². The summed E-state index contributed by atoms with van der Waals surface area (Å²) in [5.41, 5.74) is 3.41. The second-order valence-electron chi connectivity index (χ2n) is 6.14. The highest BCUT2D eigenvalue weighted by atomic mass is 16.6. The third-order valence-electron chi connectivity index (χ3n) is 4.26. The van der Waals surface area contributed by atoms with Crippen LogP contribution < -0.4 is 19.9 Å². The number of carbonyl (C=O) groups excluding carboxylic acids is 3. The van der Waals surface area contributed by atoms with Crippen molar-refractivity contribution in [3.63, 3.8) is 0 Å². The van der Waals surface area contributed by atoms with E-state index in [1.807, 2.05) is 6.07 Å². The summed E-state index contributed by atoms with van der Waals surface area (Å²) in [5.74, 6) is -1.05. The van der Waals surface area contributed by atoms with E-state index in [-0.39, 0.29) is 11.3 Å². The molecule has 1 saturated heterocycles. The van der Waals surface area contributed by atoms with Crippen LogP contribution in [0.15, 0.2) is 54.1 Å². The maximum absolute atomic E-state index is 12.8. The van der Waals surface area contributed by atoms with Crippen LogP contribution in [0.3, 0.4) is 0 Å². The summed E-state index contributed by atoms with van der Waals surface area (Å²) in [7, 11) is 2.71. The van der Waals surface area contributed by atoms with Crippen LogP contribution in [-0.4, -0.2) is 38.1 Å². The number of benzene rings is 2. The summed E-state index contributed by atoms with van der Waals surface area (Å²) < 4.78 is 15.7. The number of carbonyl (C=O) groups is 3. The molecule has 0 bridgehead atoms. The summed E-state index contributed by atoms with van der Waals surface area (Å²) in [5, 5.41) is 1.17. The van der Waals surface area contributed by atoms with Gasteiger partial charge in [0.2, 0.25) is 0 Å². The first-order valence-electron chi connectivity index (χ1n) is 8.80. The third-order valence-corrected chi connectivity index (χ3v) is 4.26. The number of esters is 1. The Labute approximate surface area is 167 Å². The largest absolute Gasteiger partial charge is 0.493 e. The third kappa shape index (κ3) is 4.06. The molecule has 150 valence electrons. The molecule has 8 nitrogen and oxygen atoms in total. The number of amides is 2. The first-order valence-corrected chi connectivity index (χ1v) is 8.80. The van der Waals surface area contributed by atoms with Gasteiger partial charge in [-0.3, -0.25) is 15.0 Å². The van der Waals surface area contributed by atoms with E-state index < -0.39 is 23.9 Å². The van der Waals surface area contributed by atoms with E-state index in [9.17, 15) is 14.4 Å². The molecule has 0 aliphatic carbocycles. The fourth-order valence-electron chi connectivity index (χ4n) is 2.80. The van der Waals surface area contributed by atoms with Crippen molar-refractivity contribution >= 4 is 29.5 Å². The molecule has 1 heterocycles. The molecule has 8 heteroatoms. The quantitative estimate of drug-likeness (QED) is 0.457. The molecule has 1 aliphatic rings. The molecule has 1 aliphatic heterocycles. The smallest absolute Gasteiger partial charge is 0.346 e. The van der Waals surface area contributed by atoms with Crippen LogP contribution in [0.1, 0.15) is 12.5 Å². The number of para-hydroxylation sites is 2. The molecule has 0 radical (unpaired) electrons. The molecular formula is C21H20N2O6. The van der Waals surface area contributed by atoms with Gasteiger partial charge in [-0.1, -0.05) is 30.3 Å². The number of hydrazine groups is 1. The minimum absolute atomic E-state index is 0.0716. The van der Waals surface area contributed by atoms with Crippen LogP contribution in [-0.2, 0) is 19.1 Å². The Bertz CT molecular complexity index is 970. The van der Waals surface area contributed by atoms with Gasteiger partial charge in [0.25, 0.3) is 11.8 Å². The Morgan fingerprint density at radius 2 is 1.79 bits per heavy atom. The molecule has 3 rings (SSSR count). The summed E-state index contributed by atoms with van der Waals surface area (Å²) in [4.78, 5) is 37.0. The molecule has 0 spiro atoms. The van der Waals surface area contributed by atoms with Crippen LogP contribution in [0.4, 0.5) is 5.69 Å². The highest BCUT2D eigenvalue weighted by Crippen LogP contribution is 2.34. The van der Waals surface area contributed by atoms with Crippen molar-refractivity contribution in [1.82, 2.24) is 5.43 Å². The lowest BCUT2D eigenvalue weighted by Gasteiger charge is -2.17. The van der Waals surface area contributed by atoms with E-state index in [4.69, 9.17) is 9.47 Å². The van der Waals surface area contributed by atoms with Gasteiger partial charge in [-0.25, -0.2) is 9.80 Å². The Kier molecular flexibility index (Phi) is 5.82.